The van der Waals surface area contributed by atoms with Gasteiger partial charge < -0.3 is 19.5 Å². The van der Waals surface area contributed by atoms with E-state index in [-0.39, 0.29) is 11.4 Å². The fourth-order valence-corrected chi connectivity index (χ4v) is 2.81. The molecule has 1 aliphatic heterocycles. The highest BCUT2D eigenvalue weighted by Gasteiger charge is 2.19. The van der Waals surface area contributed by atoms with E-state index in [9.17, 15) is 9.59 Å². The lowest BCUT2D eigenvalue weighted by molar-refractivity contribution is -0.152. The Balaban J connectivity index is 1.55. The van der Waals surface area contributed by atoms with Crippen molar-refractivity contribution in [2.75, 3.05) is 18.5 Å². The monoisotopic (exact) mass is 400 g/mol. The van der Waals surface area contributed by atoms with E-state index in [0.717, 1.165) is 0 Å². The Morgan fingerprint density at radius 1 is 1.21 bits per heavy atom. The van der Waals surface area contributed by atoms with Gasteiger partial charge in [0.2, 0.25) is 0 Å². The number of hydrogen-bond donors (Lipinski definition) is 1. The standard InChI is InChI=1S/C20H17ClN2O5/c1-12(20(25)23-15-4-3-14(11-22)16(21)10-15)28-19(24)9-13-2-5-17-18(8-13)27-7-6-26-17/h2-5,8,10,12H,6-7,9H2,1H3,(H,23,25)/t12-/m0/s1. The Morgan fingerprint density at radius 3 is 2.68 bits per heavy atom. The number of fused-ring (bicyclic) bond motifs is 1. The van der Waals surface area contributed by atoms with Crippen LogP contribution in [0.25, 0.3) is 0 Å². The minimum absolute atomic E-state index is 0.00302. The highest BCUT2D eigenvalue weighted by molar-refractivity contribution is 6.32. The van der Waals surface area contributed by atoms with Crippen LogP contribution in [0.2, 0.25) is 5.02 Å². The number of nitriles is 1. The second-order valence-electron chi connectivity index (χ2n) is 6.08. The fourth-order valence-electron chi connectivity index (χ4n) is 2.58. The minimum Gasteiger partial charge on any atom is -0.486 e. The third-order valence-corrected chi connectivity index (χ3v) is 4.30. The molecule has 8 heteroatoms. The number of anilines is 1. The van der Waals surface area contributed by atoms with Crippen LogP contribution in [0.4, 0.5) is 5.69 Å². The fraction of sp³-hybridized carbons (Fsp3) is 0.250. The molecule has 0 saturated carbocycles. The summed E-state index contributed by atoms with van der Waals surface area (Å²) in [6.07, 6.45) is -1.00. The Morgan fingerprint density at radius 2 is 1.96 bits per heavy atom. The van der Waals surface area contributed by atoms with Crippen LogP contribution in [0.1, 0.15) is 18.1 Å². The maximum absolute atomic E-state index is 12.2. The average Bonchev–Trinajstić information content (AvgIpc) is 2.68. The number of nitrogens with one attached hydrogen (secondary N) is 1. The SMILES string of the molecule is C[C@H](OC(=O)Cc1ccc2c(c1)OCCO2)C(=O)Nc1ccc(C#N)c(Cl)c1. The summed E-state index contributed by atoms with van der Waals surface area (Å²) in [5.41, 5.74) is 1.41. The van der Waals surface area contributed by atoms with Crippen LogP contribution < -0.4 is 14.8 Å². The number of carbonyl (C=O) groups excluding carboxylic acids is 2. The van der Waals surface area contributed by atoms with Gasteiger partial charge in [-0.2, -0.15) is 5.26 Å². The Kier molecular flexibility index (Phi) is 6.02. The first kappa shape index (κ1) is 19.5. The maximum atomic E-state index is 12.2. The van der Waals surface area contributed by atoms with Crippen molar-refractivity contribution >= 4 is 29.2 Å². The predicted octanol–water partition coefficient (Wildman–Crippen LogP) is 3.10. The van der Waals surface area contributed by atoms with E-state index >= 15 is 0 Å². The van der Waals surface area contributed by atoms with Crippen molar-refractivity contribution in [3.63, 3.8) is 0 Å². The van der Waals surface area contributed by atoms with Crippen LogP contribution >= 0.6 is 11.6 Å². The largest absolute Gasteiger partial charge is 0.486 e. The molecule has 0 aromatic heterocycles. The number of rotatable bonds is 5. The topological polar surface area (TPSA) is 97.7 Å². The number of amides is 1. The summed E-state index contributed by atoms with van der Waals surface area (Å²) in [5, 5.41) is 11.7. The molecule has 0 spiro atoms. The highest BCUT2D eigenvalue weighted by Crippen LogP contribution is 2.31. The lowest BCUT2D eigenvalue weighted by Gasteiger charge is -2.19. The van der Waals surface area contributed by atoms with E-state index in [4.69, 9.17) is 31.1 Å². The van der Waals surface area contributed by atoms with E-state index < -0.39 is 18.0 Å². The van der Waals surface area contributed by atoms with Gasteiger partial charge in [-0.1, -0.05) is 17.7 Å². The summed E-state index contributed by atoms with van der Waals surface area (Å²) < 4.78 is 16.1. The molecule has 7 nitrogen and oxygen atoms in total. The number of hydrogen-bond acceptors (Lipinski definition) is 6. The lowest BCUT2D eigenvalue weighted by atomic mass is 10.1. The van der Waals surface area contributed by atoms with Crippen molar-refractivity contribution < 1.29 is 23.8 Å². The summed E-state index contributed by atoms with van der Waals surface area (Å²) in [6.45, 7) is 2.42. The van der Waals surface area contributed by atoms with Crippen molar-refractivity contribution in [1.29, 1.82) is 5.26 Å². The summed E-state index contributed by atoms with van der Waals surface area (Å²) in [4.78, 5) is 24.4. The zero-order chi connectivity index (χ0) is 20.1. The molecule has 3 rings (SSSR count). The zero-order valence-electron chi connectivity index (χ0n) is 15.0. The van der Waals surface area contributed by atoms with Crippen LogP contribution in [0.15, 0.2) is 36.4 Å². The normalized spacial score (nSPS) is 13.2. The van der Waals surface area contributed by atoms with Crippen LogP contribution in [-0.2, 0) is 20.7 Å². The van der Waals surface area contributed by atoms with Gasteiger partial charge in [0.25, 0.3) is 5.91 Å². The molecule has 1 amide bonds. The minimum atomic E-state index is -1.00. The Hall–Kier alpha value is -3.24. The molecule has 0 saturated heterocycles. The molecule has 2 aromatic carbocycles. The zero-order valence-corrected chi connectivity index (χ0v) is 15.8. The maximum Gasteiger partial charge on any atom is 0.311 e. The van der Waals surface area contributed by atoms with Gasteiger partial charge in [0, 0.05) is 5.69 Å². The molecule has 0 fully saturated rings. The van der Waals surface area contributed by atoms with Gasteiger partial charge in [-0.15, -0.1) is 0 Å². The number of carbonyl (C=O) groups is 2. The summed E-state index contributed by atoms with van der Waals surface area (Å²) in [5.74, 6) is 0.172. The van der Waals surface area contributed by atoms with Crippen LogP contribution in [-0.4, -0.2) is 31.2 Å². The Bertz CT molecular complexity index is 954. The van der Waals surface area contributed by atoms with E-state index in [1.807, 2.05) is 6.07 Å². The van der Waals surface area contributed by atoms with Crippen molar-refractivity contribution in [3.8, 4) is 17.6 Å². The van der Waals surface area contributed by atoms with Crippen molar-refractivity contribution in [2.45, 2.75) is 19.4 Å². The third-order valence-electron chi connectivity index (χ3n) is 3.99. The van der Waals surface area contributed by atoms with Crippen molar-refractivity contribution in [2.24, 2.45) is 0 Å². The van der Waals surface area contributed by atoms with Crippen LogP contribution in [0, 0.1) is 11.3 Å². The van der Waals surface area contributed by atoms with Gasteiger partial charge in [-0.25, -0.2) is 0 Å². The van der Waals surface area contributed by atoms with Crippen LogP contribution in [0.5, 0.6) is 11.5 Å². The predicted molar refractivity (Wildman–Crippen MR) is 101 cm³/mol. The molecule has 0 radical (unpaired) electrons. The third kappa shape index (κ3) is 4.72. The van der Waals surface area contributed by atoms with Gasteiger partial charge >= 0.3 is 5.97 Å². The van der Waals surface area contributed by atoms with E-state index in [1.54, 1.807) is 24.3 Å². The van der Waals surface area contributed by atoms with E-state index in [0.29, 0.717) is 41.5 Å². The first-order chi connectivity index (χ1) is 13.5. The molecule has 1 aliphatic rings. The smallest absolute Gasteiger partial charge is 0.311 e. The summed E-state index contributed by atoms with van der Waals surface area (Å²) in [6, 6.07) is 11.6. The van der Waals surface area contributed by atoms with Gasteiger partial charge in [0.05, 0.1) is 17.0 Å². The molecule has 1 N–H and O–H groups in total. The first-order valence-corrected chi connectivity index (χ1v) is 8.92. The lowest BCUT2D eigenvalue weighted by Crippen LogP contribution is -2.30. The number of esters is 1. The summed E-state index contributed by atoms with van der Waals surface area (Å²) >= 11 is 5.94. The van der Waals surface area contributed by atoms with Gasteiger partial charge in [0.1, 0.15) is 19.3 Å². The molecule has 144 valence electrons. The highest BCUT2D eigenvalue weighted by atomic mass is 35.5. The molecule has 0 bridgehead atoms. The molecule has 0 aliphatic carbocycles. The number of halogens is 1. The second kappa shape index (κ2) is 8.63. The number of nitrogens with zero attached hydrogens (tertiary/aromatic N) is 1. The second-order valence-corrected chi connectivity index (χ2v) is 6.49. The van der Waals surface area contributed by atoms with E-state index in [1.165, 1.54) is 19.1 Å². The molecular weight excluding hydrogens is 384 g/mol. The Labute approximate surface area is 166 Å². The number of benzene rings is 2. The first-order valence-electron chi connectivity index (χ1n) is 8.55. The molecule has 0 unspecified atom stereocenters. The van der Waals surface area contributed by atoms with Gasteiger partial charge in [-0.3, -0.25) is 9.59 Å². The quantitative estimate of drug-likeness (QED) is 0.774. The molecule has 1 atom stereocenters. The van der Waals surface area contributed by atoms with Gasteiger partial charge in [0.15, 0.2) is 17.6 Å². The average molecular weight is 401 g/mol. The van der Waals surface area contributed by atoms with Gasteiger partial charge in [-0.05, 0) is 42.8 Å². The molecule has 2 aromatic rings. The molecule has 28 heavy (non-hydrogen) atoms. The molecular formula is C20H17ClN2O5. The molecule has 1 heterocycles. The summed E-state index contributed by atoms with van der Waals surface area (Å²) in [7, 11) is 0. The van der Waals surface area contributed by atoms with Crippen molar-refractivity contribution in [1.82, 2.24) is 0 Å². The number of ether oxygens (including phenoxy) is 3. The van der Waals surface area contributed by atoms with Crippen molar-refractivity contribution in [3.05, 3.63) is 52.5 Å². The van der Waals surface area contributed by atoms with E-state index in [2.05, 4.69) is 5.32 Å². The van der Waals surface area contributed by atoms with Crippen LogP contribution in [0.3, 0.4) is 0 Å².